The summed E-state index contributed by atoms with van der Waals surface area (Å²) in [6.07, 6.45) is 3.36. The molecular formula is C18H17N5O2. The van der Waals surface area contributed by atoms with Crippen molar-refractivity contribution in [3.05, 3.63) is 47.3 Å². The first-order chi connectivity index (χ1) is 11.9. The fraction of sp³-hybridized carbons (Fsp3) is 0.167. The average molecular weight is 335 g/mol. The van der Waals surface area contributed by atoms with Crippen molar-refractivity contribution in [1.29, 1.82) is 0 Å². The number of primary amides is 1. The van der Waals surface area contributed by atoms with Gasteiger partial charge in [0.1, 0.15) is 16.9 Å². The van der Waals surface area contributed by atoms with Crippen LogP contribution in [0.25, 0.3) is 27.8 Å². The number of carbonyl (C=O) groups is 1. The summed E-state index contributed by atoms with van der Waals surface area (Å²) in [4.78, 5) is 16.6. The number of benzene rings is 1. The molecule has 0 aliphatic rings. The first-order valence-electron chi connectivity index (χ1n) is 7.81. The summed E-state index contributed by atoms with van der Waals surface area (Å²) in [5.41, 5.74) is 10.6. The van der Waals surface area contributed by atoms with Crippen LogP contribution in [-0.2, 0) is 7.05 Å². The van der Waals surface area contributed by atoms with Crippen LogP contribution in [0.1, 0.15) is 21.5 Å². The van der Waals surface area contributed by atoms with Crippen molar-refractivity contribution in [2.24, 2.45) is 12.8 Å². The van der Waals surface area contributed by atoms with Gasteiger partial charge in [-0.1, -0.05) is 6.07 Å². The Kier molecular flexibility index (Phi) is 3.08. The molecule has 0 atom stereocenters. The molecule has 4 aromatic rings. The van der Waals surface area contributed by atoms with E-state index in [-0.39, 0.29) is 5.75 Å². The van der Waals surface area contributed by atoms with Crippen LogP contribution in [0.2, 0.25) is 0 Å². The molecule has 25 heavy (non-hydrogen) atoms. The molecule has 7 nitrogen and oxygen atoms in total. The van der Waals surface area contributed by atoms with E-state index >= 15 is 0 Å². The Morgan fingerprint density at radius 1 is 1.28 bits per heavy atom. The molecule has 0 aliphatic heterocycles. The van der Waals surface area contributed by atoms with Gasteiger partial charge in [-0.2, -0.15) is 5.10 Å². The van der Waals surface area contributed by atoms with Crippen molar-refractivity contribution < 1.29 is 9.90 Å². The summed E-state index contributed by atoms with van der Waals surface area (Å²) in [6, 6.07) is 5.35. The highest BCUT2D eigenvalue weighted by Crippen LogP contribution is 2.32. The number of pyridine rings is 1. The summed E-state index contributed by atoms with van der Waals surface area (Å²) >= 11 is 0. The molecule has 0 fully saturated rings. The highest BCUT2D eigenvalue weighted by atomic mass is 16.3. The second-order valence-corrected chi connectivity index (χ2v) is 6.18. The van der Waals surface area contributed by atoms with E-state index in [1.54, 1.807) is 23.1 Å². The van der Waals surface area contributed by atoms with Crippen molar-refractivity contribution >= 4 is 28.0 Å². The van der Waals surface area contributed by atoms with Gasteiger partial charge in [-0.3, -0.25) is 14.0 Å². The van der Waals surface area contributed by atoms with Crippen LogP contribution in [0.5, 0.6) is 5.75 Å². The van der Waals surface area contributed by atoms with E-state index in [0.717, 1.165) is 22.3 Å². The maximum absolute atomic E-state index is 12.0. The molecule has 1 amide bonds. The number of phenolic OH excluding ortho intramolecular Hbond substituents is 1. The number of hydrogen-bond acceptors (Lipinski definition) is 4. The van der Waals surface area contributed by atoms with E-state index in [0.29, 0.717) is 22.2 Å². The summed E-state index contributed by atoms with van der Waals surface area (Å²) in [5, 5.41) is 15.0. The highest BCUT2D eigenvalue weighted by Gasteiger charge is 2.20. The fourth-order valence-electron chi connectivity index (χ4n) is 3.27. The van der Waals surface area contributed by atoms with Gasteiger partial charge in [0.05, 0.1) is 23.0 Å². The second-order valence-electron chi connectivity index (χ2n) is 6.18. The topological polar surface area (TPSA) is 99.0 Å². The van der Waals surface area contributed by atoms with Gasteiger partial charge in [-0.05, 0) is 31.5 Å². The molecule has 1 aromatic carbocycles. The second kappa shape index (κ2) is 5.07. The molecule has 4 rings (SSSR count). The monoisotopic (exact) mass is 335 g/mol. The van der Waals surface area contributed by atoms with Crippen LogP contribution in [0.4, 0.5) is 0 Å². The lowest BCUT2D eigenvalue weighted by atomic mass is 10.1. The molecule has 7 heteroatoms. The normalized spacial score (nSPS) is 11.5. The van der Waals surface area contributed by atoms with E-state index in [1.165, 1.54) is 0 Å². The van der Waals surface area contributed by atoms with Gasteiger partial charge in [0, 0.05) is 24.2 Å². The zero-order valence-corrected chi connectivity index (χ0v) is 14.1. The minimum absolute atomic E-state index is 0.186. The minimum atomic E-state index is -0.525. The van der Waals surface area contributed by atoms with E-state index in [1.807, 2.05) is 37.6 Å². The molecule has 0 saturated heterocycles. The highest BCUT2D eigenvalue weighted by molar-refractivity contribution is 6.08. The molecule has 0 bridgehead atoms. The predicted molar refractivity (Wildman–Crippen MR) is 95.0 cm³/mol. The number of fused-ring (bicyclic) bond motifs is 2. The third-order valence-corrected chi connectivity index (χ3v) is 4.60. The van der Waals surface area contributed by atoms with Gasteiger partial charge in [0.15, 0.2) is 0 Å². The van der Waals surface area contributed by atoms with Crippen LogP contribution in [0.15, 0.2) is 30.6 Å². The van der Waals surface area contributed by atoms with Crippen LogP contribution in [0.3, 0.4) is 0 Å². The Balaban J connectivity index is 2.17. The molecular weight excluding hydrogens is 318 g/mol. The van der Waals surface area contributed by atoms with E-state index in [2.05, 4.69) is 10.1 Å². The lowest BCUT2D eigenvalue weighted by Crippen LogP contribution is -2.10. The Hall–Kier alpha value is -3.35. The maximum atomic E-state index is 12.0. The molecule has 0 radical (unpaired) electrons. The molecule has 3 aromatic heterocycles. The lowest BCUT2D eigenvalue weighted by Gasteiger charge is -2.13. The molecule has 0 saturated carbocycles. The molecule has 3 N–H and O–H groups in total. The van der Waals surface area contributed by atoms with Crippen LogP contribution in [-0.4, -0.2) is 30.3 Å². The number of carbonyl (C=O) groups excluding carboxylic acids is 1. The van der Waals surface area contributed by atoms with Crippen LogP contribution >= 0.6 is 0 Å². The molecule has 0 spiro atoms. The van der Waals surface area contributed by atoms with Crippen molar-refractivity contribution in [3.63, 3.8) is 0 Å². The number of rotatable bonds is 2. The third-order valence-electron chi connectivity index (χ3n) is 4.60. The first-order valence-corrected chi connectivity index (χ1v) is 7.81. The molecule has 3 heterocycles. The number of aromatic hydroxyl groups is 1. The number of nitrogens with zero attached hydrogens (tertiary/aromatic N) is 4. The van der Waals surface area contributed by atoms with Gasteiger partial charge < -0.3 is 10.8 Å². The fourth-order valence-corrected chi connectivity index (χ4v) is 3.27. The first kappa shape index (κ1) is 15.2. The lowest BCUT2D eigenvalue weighted by molar-refractivity contribution is 0.100. The van der Waals surface area contributed by atoms with Gasteiger partial charge in [-0.15, -0.1) is 0 Å². The zero-order valence-electron chi connectivity index (χ0n) is 14.1. The Morgan fingerprint density at radius 3 is 2.76 bits per heavy atom. The average Bonchev–Trinajstić information content (AvgIpc) is 3.11. The van der Waals surface area contributed by atoms with E-state index in [9.17, 15) is 9.90 Å². The van der Waals surface area contributed by atoms with E-state index in [4.69, 9.17) is 5.73 Å². The number of phenols is 1. The Labute approximate surface area is 143 Å². The van der Waals surface area contributed by atoms with Crippen LogP contribution in [0, 0.1) is 13.8 Å². The van der Waals surface area contributed by atoms with Gasteiger partial charge in [0.2, 0.25) is 0 Å². The number of nitrogens with two attached hydrogens (primary N) is 1. The van der Waals surface area contributed by atoms with Gasteiger partial charge >= 0.3 is 0 Å². The van der Waals surface area contributed by atoms with Crippen molar-refractivity contribution in [2.45, 2.75) is 13.8 Å². The molecule has 0 aliphatic carbocycles. The summed E-state index contributed by atoms with van der Waals surface area (Å²) in [5.74, 6) is -0.340. The largest absolute Gasteiger partial charge is 0.508 e. The number of aryl methyl sites for hydroxylation is 2. The number of amides is 1. The quantitative estimate of drug-likeness (QED) is 0.587. The maximum Gasteiger partial charge on any atom is 0.250 e. The summed E-state index contributed by atoms with van der Waals surface area (Å²) in [7, 11) is 1.82. The number of aromatic nitrogens is 4. The third kappa shape index (κ3) is 2.09. The standard InChI is InChI=1S/C18H17N5O2/c1-9-4-5-15(24)10(2)16(9)23-8-12(17(19)25)11-6-14-13(21-18(11)23)7-20-22(14)3/h4-8,24H,1-3H3,(H2,19,25). The SMILES string of the molecule is Cc1ccc(O)c(C)c1-n1cc(C(N)=O)c2cc3c(cnn3C)nc21. The van der Waals surface area contributed by atoms with Crippen molar-refractivity contribution in [3.8, 4) is 11.4 Å². The van der Waals surface area contributed by atoms with Crippen molar-refractivity contribution in [1.82, 2.24) is 19.3 Å². The predicted octanol–water partition coefficient (Wildman–Crippen LogP) is 2.33. The van der Waals surface area contributed by atoms with Gasteiger partial charge in [0.25, 0.3) is 5.91 Å². The minimum Gasteiger partial charge on any atom is -0.508 e. The zero-order chi connectivity index (χ0) is 17.9. The molecule has 0 unspecified atom stereocenters. The van der Waals surface area contributed by atoms with E-state index < -0.39 is 5.91 Å². The smallest absolute Gasteiger partial charge is 0.250 e. The van der Waals surface area contributed by atoms with Crippen LogP contribution < -0.4 is 5.73 Å². The Morgan fingerprint density at radius 2 is 2.04 bits per heavy atom. The summed E-state index contributed by atoms with van der Waals surface area (Å²) in [6.45, 7) is 3.77. The molecule has 126 valence electrons. The summed E-state index contributed by atoms with van der Waals surface area (Å²) < 4.78 is 3.51. The number of hydrogen-bond donors (Lipinski definition) is 2. The van der Waals surface area contributed by atoms with Crippen molar-refractivity contribution in [2.75, 3.05) is 0 Å². The Bertz CT molecular complexity index is 1170. The van der Waals surface area contributed by atoms with Gasteiger partial charge in [-0.25, -0.2) is 4.98 Å².